The summed E-state index contributed by atoms with van der Waals surface area (Å²) < 4.78 is 5.33. The molecule has 3 rings (SSSR count). The zero-order chi connectivity index (χ0) is 11.9. The van der Waals surface area contributed by atoms with Crippen molar-refractivity contribution < 1.29 is 4.74 Å². The third-order valence-corrected chi connectivity index (χ3v) is 3.95. The second-order valence-electron chi connectivity index (χ2n) is 5.08. The van der Waals surface area contributed by atoms with E-state index in [2.05, 4.69) is 14.9 Å². The third-order valence-electron chi connectivity index (χ3n) is 3.76. The van der Waals surface area contributed by atoms with Crippen molar-refractivity contribution >= 4 is 17.4 Å². The molecule has 0 unspecified atom stereocenters. The largest absolute Gasteiger partial charge is 0.380 e. The monoisotopic (exact) mass is 253 g/mol. The fourth-order valence-corrected chi connectivity index (χ4v) is 2.79. The summed E-state index contributed by atoms with van der Waals surface area (Å²) in [5.74, 6) is 1.69. The molecule has 2 aliphatic heterocycles. The summed E-state index contributed by atoms with van der Waals surface area (Å²) in [6.07, 6.45) is 2.38. The van der Waals surface area contributed by atoms with Crippen molar-refractivity contribution in [1.82, 2.24) is 9.97 Å². The summed E-state index contributed by atoms with van der Waals surface area (Å²) in [5, 5.41) is 0.528. The molecule has 0 atom stereocenters. The van der Waals surface area contributed by atoms with Crippen LogP contribution in [0.4, 0.5) is 5.82 Å². The van der Waals surface area contributed by atoms with Gasteiger partial charge < -0.3 is 9.64 Å². The second kappa shape index (κ2) is 4.10. The Morgan fingerprint density at radius 1 is 1.29 bits per heavy atom. The van der Waals surface area contributed by atoms with E-state index >= 15 is 0 Å². The lowest BCUT2D eigenvalue weighted by Gasteiger charge is -2.47. The molecule has 0 bridgehead atoms. The maximum absolute atomic E-state index is 5.97. The Morgan fingerprint density at radius 2 is 2.00 bits per heavy atom. The van der Waals surface area contributed by atoms with E-state index < -0.39 is 0 Å². The number of nitrogens with zero attached hydrogens (tertiary/aromatic N) is 3. The molecule has 0 amide bonds. The number of ether oxygens (including phenoxy) is 1. The number of halogens is 1. The maximum atomic E-state index is 5.97. The Labute approximate surface area is 106 Å². The van der Waals surface area contributed by atoms with Crippen LogP contribution in [0, 0.1) is 12.3 Å². The summed E-state index contributed by atoms with van der Waals surface area (Å²) in [5.41, 5.74) is 0.461. The number of aromatic nitrogens is 2. The van der Waals surface area contributed by atoms with Crippen molar-refractivity contribution in [2.75, 3.05) is 31.2 Å². The van der Waals surface area contributed by atoms with E-state index in [9.17, 15) is 0 Å². The van der Waals surface area contributed by atoms with E-state index in [4.69, 9.17) is 16.3 Å². The number of piperidine rings is 1. The van der Waals surface area contributed by atoms with E-state index in [-0.39, 0.29) is 0 Å². The van der Waals surface area contributed by atoms with E-state index in [1.807, 2.05) is 13.0 Å². The lowest BCUT2D eigenvalue weighted by molar-refractivity contribution is -0.124. The predicted octanol–water partition coefficient (Wildman–Crippen LogP) is 2.06. The van der Waals surface area contributed by atoms with Crippen LogP contribution in [0.15, 0.2) is 6.07 Å². The molecular formula is C12H16ClN3O. The minimum Gasteiger partial charge on any atom is -0.380 e. The van der Waals surface area contributed by atoms with Gasteiger partial charge >= 0.3 is 0 Å². The number of anilines is 1. The zero-order valence-electron chi connectivity index (χ0n) is 9.95. The molecular weight excluding hydrogens is 238 g/mol. The van der Waals surface area contributed by atoms with Gasteiger partial charge in [0, 0.05) is 24.6 Å². The Hall–Kier alpha value is -0.870. The van der Waals surface area contributed by atoms with Gasteiger partial charge in [0.2, 0.25) is 0 Å². The van der Waals surface area contributed by atoms with Gasteiger partial charge in [0.25, 0.3) is 0 Å². The van der Waals surface area contributed by atoms with Crippen LogP contribution in [0.5, 0.6) is 0 Å². The zero-order valence-corrected chi connectivity index (χ0v) is 10.7. The SMILES string of the molecule is Cc1nc(Cl)cc(N2CCC3(CC2)COC3)n1. The first-order valence-corrected chi connectivity index (χ1v) is 6.39. The van der Waals surface area contributed by atoms with Gasteiger partial charge in [0.05, 0.1) is 13.2 Å². The van der Waals surface area contributed by atoms with Crippen molar-refractivity contribution in [1.29, 1.82) is 0 Å². The third kappa shape index (κ3) is 2.11. The fraction of sp³-hybridized carbons (Fsp3) is 0.667. The summed E-state index contributed by atoms with van der Waals surface area (Å²) in [6.45, 7) is 5.82. The van der Waals surface area contributed by atoms with Crippen molar-refractivity contribution in [3.05, 3.63) is 17.0 Å². The molecule has 1 aromatic rings. The minimum atomic E-state index is 0.461. The van der Waals surface area contributed by atoms with Gasteiger partial charge in [-0.25, -0.2) is 9.97 Å². The first-order chi connectivity index (χ1) is 8.17. The lowest BCUT2D eigenvalue weighted by Crippen LogP contribution is -2.51. The Morgan fingerprint density at radius 3 is 2.53 bits per heavy atom. The van der Waals surface area contributed by atoms with Gasteiger partial charge in [0.15, 0.2) is 0 Å². The summed E-state index contributed by atoms with van der Waals surface area (Å²) in [7, 11) is 0. The molecule has 0 aromatic carbocycles. The van der Waals surface area contributed by atoms with Crippen LogP contribution in [0.2, 0.25) is 5.15 Å². The van der Waals surface area contributed by atoms with Gasteiger partial charge in [-0.2, -0.15) is 0 Å². The van der Waals surface area contributed by atoms with Crippen LogP contribution in [0.1, 0.15) is 18.7 Å². The number of aryl methyl sites for hydroxylation is 1. The number of rotatable bonds is 1. The first-order valence-electron chi connectivity index (χ1n) is 6.01. The maximum Gasteiger partial charge on any atom is 0.134 e. The van der Waals surface area contributed by atoms with Crippen molar-refractivity contribution in [3.63, 3.8) is 0 Å². The molecule has 4 nitrogen and oxygen atoms in total. The van der Waals surface area contributed by atoms with Gasteiger partial charge in [-0.3, -0.25) is 0 Å². The highest BCUT2D eigenvalue weighted by atomic mass is 35.5. The topological polar surface area (TPSA) is 38.2 Å². The van der Waals surface area contributed by atoms with Crippen LogP contribution >= 0.6 is 11.6 Å². The van der Waals surface area contributed by atoms with Crippen LogP contribution in [0.25, 0.3) is 0 Å². The summed E-state index contributed by atoms with van der Waals surface area (Å²) >= 11 is 5.97. The second-order valence-corrected chi connectivity index (χ2v) is 5.46. The standard InChI is InChI=1S/C12H16ClN3O/c1-9-14-10(13)6-11(15-9)16-4-2-12(3-5-16)7-17-8-12/h6H,2-5,7-8H2,1H3. The Balaban J connectivity index is 1.73. The molecule has 1 spiro atoms. The molecule has 0 N–H and O–H groups in total. The predicted molar refractivity (Wildman–Crippen MR) is 66.5 cm³/mol. The summed E-state index contributed by atoms with van der Waals surface area (Å²) in [4.78, 5) is 10.8. The quantitative estimate of drug-likeness (QED) is 0.718. The molecule has 2 saturated heterocycles. The van der Waals surface area contributed by atoms with Gasteiger partial charge in [0.1, 0.15) is 16.8 Å². The number of hydrogen-bond acceptors (Lipinski definition) is 4. The van der Waals surface area contributed by atoms with Crippen LogP contribution in [-0.4, -0.2) is 36.3 Å². The molecule has 17 heavy (non-hydrogen) atoms. The Kier molecular flexibility index (Phi) is 2.71. The van der Waals surface area contributed by atoms with Gasteiger partial charge in [-0.05, 0) is 19.8 Å². The highest BCUT2D eigenvalue weighted by Crippen LogP contribution is 2.39. The van der Waals surface area contributed by atoms with E-state index in [0.29, 0.717) is 10.6 Å². The molecule has 0 aliphatic carbocycles. The van der Waals surface area contributed by atoms with Crippen molar-refractivity contribution in [2.45, 2.75) is 19.8 Å². The lowest BCUT2D eigenvalue weighted by atomic mass is 9.77. The first kappa shape index (κ1) is 11.2. The average molecular weight is 254 g/mol. The van der Waals surface area contributed by atoms with Crippen LogP contribution < -0.4 is 4.90 Å². The van der Waals surface area contributed by atoms with Crippen LogP contribution in [-0.2, 0) is 4.74 Å². The highest BCUT2D eigenvalue weighted by molar-refractivity contribution is 6.29. The van der Waals surface area contributed by atoms with Crippen molar-refractivity contribution in [3.8, 4) is 0 Å². The smallest absolute Gasteiger partial charge is 0.134 e. The van der Waals surface area contributed by atoms with E-state index in [1.54, 1.807) is 0 Å². The normalized spacial score (nSPS) is 22.6. The van der Waals surface area contributed by atoms with Gasteiger partial charge in [-0.15, -0.1) is 0 Å². The van der Waals surface area contributed by atoms with Crippen LogP contribution in [0.3, 0.4) is 0 Å². The molecule has 2 aliphatic rings. The van der Waals surface area contributed by atoms with Gasteiger partial charge in [-0.1, -0.05) is 11.6 Å². The minimum absolute atomic E-state index is 0.461. The van der Waals surface area contributed by atoms with E-state index in [0.717, 1.165) is 37.9 Å². The molecule has 3 heterocycles. The number of hydrogen-bond donors (Lipinski definition) is 0. The molecule has 92 valence electrons. The Bertz CT molecular complexity index is 404. The fourth-order valence-electron chi connectivity index (χ4n) is 2.57. The highest BCUT2D eigenvalue weighted by Gasteiger charge is 2.41. The van der Waals surface area contributed by atoms with Crippen molar-refractivity contribution in [2.24, 2.45) is 5.41 Å². The van der Waals surface area contributed by atoms with E-state index in [1.165, 1.54) is 12.8 Å². The molecule has 1 aromatic heterocycles. The molecule has 5 heteroatoms. The molecule has 0 saturated carbocycles. The molecule has 2 fully saturated rings. The molecule has 0 radical (unpaired) electrons. The average Bonchev–Trinajstić information content (AvgIpc) is 2.26. The summed E-state index contributed by atoms with van der Waals surface area (Å²) in [6, 6.07) is 1.85.